The average Bonchev–Trinajstić information content (AvgIpc) is 3.39. The van der Waals surface area contributed by atoms with E-state index in [-0.39, 0.29) is 22.8 Å². The summed E-state index contributed by atoms with van der Waals surface area (Å²) in [4.78, 5) is 52.9. The number of aromatic nitrogens is 4. The number of fused-ring (bicyclic) bond motifs is 1. The standard InChI is InChI=1S/C25H23N7O8S2/c1-31-25(28-29-30-31)42-10-13-9-41-23-17(22(38)32(23)18(13)24(39)40)27-21(37)16(11-5-3-2-4-6-11)26-20(36)12-7-14(33)19(35)15(34)8-12/h2-8,16-17,23,33-35H,9-10H2,1H3,(H,26,36)(H,27,37)(H,39,40)/t16?,17?,23-/m0/s1. The first-order valence-electron chi connectivity index (χ1n) is 12.2. The van der Waals surface area contributed by atoms with Gasteiger partial charge in [0.2, 0.25) is 11.1 Å². The van der Waals surface area contributed by atoms with Crippen molar-refractivity contribution >= 4 is 47.2 Å². The Hall–Kier alpha value is -4.77. The Balaban J connectivity index is 1.33. The number of carbonyl (C=O) groups is 4. The second kappa shape index (κ2) is 11.6. The molecule has 1 fully saturated rings. The molecule has 3 amide bonds. The molecule has 0 saturated carbocycles. The van der Waals surface area contributed by atoms with Crippen LogP contribution in [0, 0.1) is 0 Å². The molecule has 3 atom stereocenters. The Bertz CT molecular complexity index is 1590. The average molecular weight is 614 g/mol. The number of nitrogens with one attached hydrogen (secondary N) is 2. The number of rotatable bonds is 9. The Morgan fingerprint density at radius 1 is 1.14 bits per heavy atom. The number of carbonyl (C=O) groups excluding carboxylic acids is 3. The summed E-state index contributed by atoms with van der Waals surface area (Å²) in [5.74, 6) is -5.23. The first-order chi connectivity index (χ1) is 20.1. The maximum Gasteiger partial charge on any atom is 0.352 e. The first-order valence-corrected chi connectivity index (χ1v) is 14.3. The van der Waals surface area contributed by atoms with Crippen molar-refractivity contribution in [2.24, 2.45) is 7.05 Å². The number of hydrogen-bond acceptors (Lipinski definition) is 12. The monoisotopic (exact) mass is 613 g/mol. The van der Waals surface area contributed by atoms with Crippen LogP contribution in [0.25, 0.3) is 0 Å². The van der Waals surface area contributed by atoms with Crippen molar-refractivity contribution < 1.29 is 39.6 Å². The van der Waals surface area contributed by atoms with Crippen LogP contribution in [0.3, 0.4) is 0 Å². The number of amides is 3. The molecular formula is C25H23N7O8S2. The van der Waals surface area contributed by atoms with Crippen LogP contribution < -0.4 is 10.6 Å². The molecule has 0 bridgehead atoms. The summed E-state index contributed by atoms with van der Waals surface area (Å²) in [6.07, 6.45) is 0. The van der Waals surface area contributed by atoms with Gasteiger partial charge in [0.05, 0.1) is 0 Å². The Morgan fingerprint density at radius 2 is 1.83 bits per heavy atom. The van der Waals surface area contributed by atoms with Gasteiger partial charge < -0.3 is 31.1 Å². The van der Waals surface area contributed by atoms with Gasteiger partial charge in [0.1, 0.15) is 23.2 Å². The fraction of sp³-hybridized carbons (Fsp3) is 0.240. The van der Waals surface area contributed by atoms with Crippen LogP contribution in [0.2, 0.25) is 0 Å². The van der Waals surface area contributed by atoms with Crippen molar-refractivity contribution in [3.05, 3.63) is 64.9 Å². The van der Waals surface area contributed by atoms with Crippen molar-refractivity contribution in [1.29, 1.82) is 0 Å². The number of tetrazole rings is 1. The molecule has 2 aromatic carbocycles. The van der Waals surface area contributed by atoms with E-state index < -0.39 is 58.4 Å². The van der Waals surface area contributed by atoms with Gasteiger partial charge in [-0.25, -0.2) is 9.48 Å². The highest BCUT2D eigenvalue weighted by molar-refractivity contribution is 8.01. The summed E-state index contributed by atoms with van der Waals surface area (Å²) in [5.41, 5.74) is 0.490. The van der Waals surface area contributed by atoms with E-state index in [0.29, 0.717) is 16.3 Å². The molecule has 6 N–H and O–H groups in total. The lowest BCUT2D eigenvalue weighted by Gasteiger charge is -2.49. The molecule has 218 valence electrons. The highest BCUT2D eigenvalue weighted by atomic mass is 32.2. The maximum atomic E-state index is 13.5. The largest absolute Gasteiger partial charge is 0.504 e. The normalized spacial score (nSPS) is 18.6. The molecule has 42 heavy (non-hydrogen) atoms. The molecule has 2 unspecified atom stereocenters. The number of nitrogens with zero attached hydrogens (tertiary/aromatic N) is 5. The quantitative estimate of drug-likeness (QED) is 0.109. The third kappa shape index (κ3) is 5.42. The number of hydrogen-bond donors (Lipinski definition) is 6. The number of phenols is 3. The predicted octanol–water partition coefficient (Wildman–Crippen LogP) is 0.329. The number of benzene rings is 2. The summed E-state index contributed by atoms with van der Waals surface area (Å²) in [5, 5.41) is 55.2. The van der Waals surface area contributed by atoms with E-state index in [0.717, 1.165) is 17.0 Å². The van der Waals surface area contributed by atoms with E-state index >= 15 is 0 Å². The van der Waals surface area contributed by atoms with Gasteiger partial charge in [0.15, 0.2) is 17.2 Å². The van der Waals surface area contributed by atoms with Gasteiger partial charge in [0.25, 0.3) is 11.8 Å². The molecule has 0 aliphatic carbocycles. The number of carboxylic acid groups (broad SMARTS) is 1. The SMILES string of the molecule is Cn1nnnc1SCC1=C(C(=O)O)N2C(=O)C(NC(=O)C(NC(=O)c3cc(O)c(O)c(O)c3)c3ccccc3)[C@@H]2SC1. The van der Waals surface area contributed by atoms with Crippen LogP contribution in [0.5, 0.6) is 17.2 Å². The molecule has 0 spiro atoms. The van der Waals surface area contributed by atoms with E-state index in [2.05, 4.69) is 26.2 Å². The summed E-state index contributed by atoms with van der Waals surface area (Å²) in [7, 11) is 1.65. The van der Waals surface area contributed by atoms with E-state index in [1.165, 1.54) is 28.2 Å². The number of phenolic OH excluding ortho intramolecular Hbond substituents is 3. The molecular weight excluding hydrogens is 590 g/mol. The molecule has 15 nitrogen and oxygen atoms in total. The van der Waals surface area contributed by atoms with Crippen LogP contribution in [0.1, 0.15) is 22.0 Å². The molecule has 0 radical (unpaired) electrons. The molecule has 1 saturated heterocycles. The highest BCUT2D eigenvalue weighted by Gasteiger charge is 2.54. The summed E-state index contributed by atoms with van der Waals surface area (Å²) >= 11 is 2.52. The predicted molar refractivity (Wildman–Crippen MR) is 147 cm³/mol. The lowest BCUT2D eigenvalue weighted by Crippen LogP contribution is -2.71. The van der Waals surface area contributed by atoms with Crippen molar-refractivity contribution in [3.8, 4) is 17.2 Å². The van der Waals surface area contributed by atoms with Crippen LogP contribution in [0.4, 0.5) is 0 Å². The van der Waals surface area contributed by atoms with Gasteiger partial charge in [-0.05, 0) is 33.7 Å². The molecule has 1 aromatic heterocycles. The van der Waals surface area contributed by atoms with Crippen LogP contribution >= 0.6 is 23.5 Å². The molecule has 3 aromatic rings. The smallest absolute Gasteiger partial charge is 0.352 e. The number of carboxylic acids is 1. The number of aryl methyl sites for hydroxylation is 1. The van der Waals surface area contributed by atoms with Crippen molar-refractivity contribution in [2.45, 2.75) is 22.6 Å². The van der Waals surface area contributed by atoms with Crippen LogP contribution in [-0.4, -0.2) is 92.1 Å². The number of aliphatic carboxylic acids is 1. The van der Waals surface area contributed by atoms with Gasteiger partial charge in [-0.3, -0.25) is 19.3 Å². The number of β-lactam (4-membered cyclic amide) rings is 1. The number of aromatic hydroxyl groups is 3. The van der Waals surface area contributed by atoms with Gasteiger partial charge in [-0.15, -0.1) is 16.9 Å². The van der Waals surface area contributed by atoms with Crippen molar-refractivity contribution in [1.82, 2.24) is 35.7 Å². The van der Waals surface area contributed by atoms with E-state index in [9.17, 15) is 39.6 Å². The third-order valence-corrected chi connectivity index (χ3v) is 8.94. The molecule has 2 aliphatic rings. The lowest BCUT2D eigenvalue weighted by molar-refractivity contribution is -0.151. The molecule has 5 rings (SSSR count). The van der Waals surface area contributed by atoms with Gasteiger partial charge in [0, 0.05) is 24.1 Å². The fourth-order valence-electron chi connectivity index (χ4n) is 4.42. The van der Waals surface area contributed by atoms with E-state index in [4.69, 9.17) is 0 Å². The minimum atomic E-state index is -1.30. The second-order valence-electron chi connectivity index (χ2n) is 9.21. The zero-order chi connectivity index (χ0) is 30.1. The highest BCUT2D eigenvalue weighted by Crippen LogP contribution is 2.42. The van der Waals surface area contributed by atoms with Gasteiger partial charge in [-0.2, -0.15) is 0 Å². The van der Waals surface area contributed by atoms with Gasteiger partial charge >= 0.3 is 5.97 Å². The summed E-state index contributed by atoms with van der Waals surface area (Å²) < 4.78 is 1.44. The number of thioether (sulfide) groups is 2. The minimum absolute atomic E-state index is 0.156. The van der Waals surface area contributed by atoms with Crippen LogP contribution in [0.15, 0.2) is 58.9 Å². The van der Waals surface area contributed by atoms with Crippen molar-refractivity contribution in [2.75, 3.05) is 11.5 Å². The fourth-order valence-corrected chi connectivity index (χ4v) is 6.76. The topological polar surface area (TPSA) is 220 Å². The minimum Gasteiger partial charge on any atom is -0.504 e. The molecule has 17 heteroatoms. The van der Waals surface area contributed by atoms with E-state index in [1.54, 1.807) is 37.4 Å². The van der Waals surface area contributed by atoms with E-state index in [1.807, 2.05) is 0 Å². The van der Waals surface area contributed by atoms with Gasteiger partial charge in [-0.1, -0.05) is 42.1 Å². The first kappa shape index (κ1) is 28.7. The Labute approximate surface area is 245 Å². The zero-order valence-electron chi connectivity index (χ0n) is 21.7. The third-order valence-electron chi connectivity index (χ3n) is 6.51. The van der Waals surface area contributed by atoms with Crippen molar-refractivity contribution in [3.63, 3.8) is 0 Å². The Morgan fingerprint density at radius 3 is 2.45 bits per heavy atom. The molecule has 2 aliphatic heterocycles. The summed E-state index contributed by atoms with van der Waals surface area (Å²) in [6.45, 7) is 0. The summed E-state index contributed by atoms with van der Waals surface area (Å²) in [6, 6.07) is 7.66. The zero-order valence-corrected chi connectivity index (χ0v) is 23.3. The van der Waals surface area contributed by atoms with Crippen LogP contribution in [-0.2, 0) is 21.4 Å². The Kier molecular flexibility index (Phi) is 7.95. The maximum absolute atomic E-state index is 13.5. The molecule has 3 heterocycles. The second-order valence-corrected chi connectivity index (χ2v) is 11.3. The lowest BCUT2D eigenvalue weighted by atomic mass is 10.0.